The standard InChI is InChI=1S/C13H18N6.ClH/c1-11-9-18(8-7-14-11)10-13-15-16-17-19(13)12-5-3-2-4-6-12;/h2-6,11,14H,7-10H2,1H3;1H. The molecule has 6 nitrogen and oxygen atoms in total. The van der Waals surface area contributed by atoms with E-state index in [1.165, 1.54) is 0 Å². The highest BCUT2D eigenvalue weighted by atomic mass is 35.5. The first-order valence-corrected chi connectivity index (χ1v) is 6.61. The van der Waals surface area contributed by atoms with Crippen LogP contribution < -0.4 is 5.32 Å². The highest BCUT2D eigenvalue weighted by Crippen LogP contribution is 2.10. The molecule has 1 aliphatic rings. The number of aromatic nitrogens is 4. The topological polar surface area (TPSA) is 58.9 Å². The van der Waals surface area contributed by atoms with Crippen LogP contribution in [0.25, 0.3) is 5.69 Å². The van der Waals surface area contributed by atoms with Crippen LogP contribution >= 0.6 is 12.4 Å². The molecule has 1 unspecified atom stereocenters. The highest BCUT2D eigenvalue weighted by Gasteiger charge is 2.18. The summed E-state index contributed by atoms with van der Waals surface area (Å²) in [6.45, 7) is 6.07. The van der Waals surface area contributed by atoms with Crippen LogP contribution in [0.5, 0.6) is 0 Å². The molecule has 1 atom stereocenters. The monoisotopic (exact) mass is 294 g/mol. The SMILES string of the molecule is CC1CN(Cc2nnnn2-c2ccccc2)CCN1.Cl. The summed E-state index contributed by atoms with van der Waals surface area (Å²) in [5.74, 6) is 0.889. The quantitative estimate of drug-likeness (QED) is 0.910. The minimum absolute atomic E-state index is 0. The number of piperazine rings is 1. The van der Waals surface area contributed by atoms with Gasteiger partial charge in [-0.05, 0) is 29.5 Å². The summed E-state index contributed by atoms with van der Waals surface area (Å²) in [5, 5.41) is 15.5. The van der Waals surface area contributed by atoms with Crippen molar-refractivity contribution in [2.45, 2.75) is 19.5 Å². The van der Waals surface area contributed by atoms with E-state index < -0.39 is 0 Å². The first-order valence-electron chi connectivity index (χ1n) is 6.61. The Kier molecular flexibility index (Phi) is 5.05. The zero-order valence-corrected chi connectivity index (χ0v) is 12.3. The van der Waals surface area contributed by atoms with Crippen molar-refractivity contribution in [2.75, 3.05) is 19.6 Å². The van der Waals surface area contributed by atoms with Gasteiger partial charge in [-0.1, -0.05) is 18.2 Å². The van der Waals surface area contributed by atoms with Gasteiger partial charge in [0.1, 0.15) is 0 Å². The molecule has 1 aromatic heterocycles. The number of hydrogen-bond donors (Lipinski definition) is 1. The van der Waals surface area contributed by atoms with Crippen LogP contribution in [0.4, 0.5) is 0 Å². The molecule has 1 aromatic carbocycles. The van der Waals surface area contributed by atoms with Gasteiger partial charge in [-0.3, -0.25) is 4.90 Å². The second-order valence-electron chi connectivity index (χ2n) is 4.93. The molecule has 7 heteroatoms. The average Bonchev–Trinajstić information content (AvgIpc) is 2.88. The summed E-state index contributed by atoms with van der Waals surface area (Å²) in [7, 11) is 0. The summed E-state index contributed by atoms with van der Waals surface area (Å²) in [4.78, 5) is 2.38. The van der Waals surface area contributed by atoms with Crippen molar-refractivity contribution in [1.29, 1.82) is 0 Å². The smallest absolute Gasteiger partial charge is 0.170 e. The Balaban J connectivity index is 0.00000147. The second kappa shape index (κ2) is 6.78. The van der Waals surface area contributed by atoms with Crippen LogP contribution in [-0.4, -0.2) is 50.8 Å². The molecule has 1 aliphatic heterocycles. The zero-order valence-electron chi connectivity index (χ0n) is 11.4. The van der Waals surface area contributed by atoms with Crippen LogP contribution in [-0.2, 0) is 6.54 Å². The molecule has 1 saturated heterocycles. The molecule has 0 amide bonds. The summed E-state index contributed by atoms with van der Waals surface area (Å²) >= 11 is 0. The maximum atomic E-state index is 4.15. The number of hydrogen-bond acceptors (Lipinski definition) is 5. The maximum Gasteiger partial charge on any atom is 0.170 e. The van der Waals surface area contributed by atoms with Crippen molar-refractivity contribution in [1.82, 2.24) is 30.4 Å². The molecule has 20 heavy (non-hydrogen) atoms. The molecular formula is C13H19ClN6. The van der Waals surface area contributed by atoms with Gasteiger partial charge in [0.15, 0.2) is 5.82 Å². The number of halogens is 1. The normalized spacial score (nSPS) is 19.6. The molecule has 3 rings (SSSR count). The van der Waals surface area contributed by atoms with E-state index in [1.807, 2.05) is 35.0 Å². The van der Waals surface area contributed by atoms with Gasteiger partial charge in [0.05, 0.1) is 12.2 Å². The summed E-state index contributed by atoms with van der Waals surface area (Å²) < 4.78 is 1.81. The summed E-state index contributed by atoms with van der Waals surface area (Å²) in [6.07, 6.45) is 0. The lowest BCUT2D eigenvalue weighted by molar-refractivity contribution is 0.194. The van der Waals surface area contributed by atoms with Gasteiger partial charge in [-0.25, -0.2) is 0 Å². The molecule has 2 heterocycles. The fourth-order valence-electron chi connectivity index (χ4n) is 2.43. The van der Waals surface area contributed by atoms with Gasteiger partial charge >= 0.3 is 0 Å². The third-order valence-corrected chi connectivity index (χ3v) is 3.35. The Morgan fingerprint density at radius 1 is 1.30 bits per heavy atom. The van der Waals surface area contributed by atoms with E-state index in [9.17, 15) is 0 Å². The minimum Gasteiger partial charge on any atom is -0.312 e. The molecule has 0 aliphatic carbocycles. The first kappa shape index (κ1) is 14.9. The van der Waals surface area contributed by atoms with Crippen LogP contribution in [0.2, 0.25) is 0 Å². The van der Waals surface area contributed by atoms with Crippen LogP contribution in [0.15, 0.2) is 30.3 Å². The first-order chi connectivity index (χ1) is 9.33. The molecule has 0 radical (unpaired) electrons. The summed E-state index contributed by atoms with van der Waals surface area (Å²) in [5.41, 5.74) is 1.01. The van der Waals surface area contributed by atoms with Crippen molar-refractivity contribution < 1.29 is 0 Å². The van der Waals surface area contributed by atoms with Crippen molar-refractivity contribution in [3.63, 3.8) is 0 Å². The zero-order chi connectivity index (χ0) is 13.1. The Morgan fingerprint density at radius 2 is 2.10 bits per heavy atom. The molecular weight excluding hydrogens is 276 g/mol. The Labute approximate surface area is 124 Å². The van der Waals surface area contributed by atoms with Crippen molar-refractivity contribution >= 4 is 12.4 Å². The third-order valence-electron chi connectivity index (χ3n) is 3.35. The van der Waals surface area contributed by atoms with Crippen molar-refractivity contribution in [3.8, 4) is 5.69 Å². The van der Waals surface area contributed by atoms with Crippen LogP contribution in [0.3, 0.4) is 0 Å². The number of para-hydroxylation sites is 1. The van der Waals surface area contributed by atoms with Crippen molar-refractivity contribution in [3.05, 3.63) is 36.2 Å². The van der Waals surface area contributed by atoms with Crippen molar-refractivity contribution in [2.24, 2.45) is 0 Å². The molecule has 2 aromatic rings. The largest absolute Gasteiger partial charge is 0.312 e. The van der Waals surface area contributed by atoms with Gasteiger partial charge in [-0.2, -0.15) is 4.68 Å². The average molecular weight is 295 g/mol. The molecule has 1 N–H and O–H groups in total. The van der Waals surface area contributed by atoms with Gasteiger partial charge < -0.3 is 5.32 Å². The molecule has 108 valence electrons. The van der Waals surface area contributed by atoms with Gasteiger partial charge in [0.25, 0.3) is 0 Å². The number of nitrogens with zero attached hydrogens (tertiary/aromatic N) is 5. The molecule has 0 spiro atoms. The fourth-order valence-corrected chi connectivity index (χ4v) is 2.43. The third kappa shape index (κ3) is 3.33. The molecule has 0 saturated carbocycles. The van der Waals surface area contributed by atoms with E-state index in [0.717, 1.165) is 37.7 Å². The van der Waals surface area contributed by atoms with E-state index in [4.69, 9.17) is 0 Å². The van der Waals surface area contributed by atoms with E-state index in [-0.39, 0.29) is 12.4 Å². The van der Waals surface area contributed by atoms with E-state index in [0.29, 0.717) is 6.04 Å². The number of rotatable bonds is 3. The number of benzene rings is 1. The molecule has 0 bridgehead atoms. The lowest BCUT2D eigenvalue weighted by atomic mass is 10.2. The Hall–Kier alpha value is -1.50. The van der Waals surface area contributed by atoms with Gasteiger partial charge in [0, 0.05) is 25.7 Å². The maximum absolute atomic E-state index is 4.15. The predicted molar refractivity (Wildman–Crippen MR) is 79.1 cm³/mol. The number of tetrazole rings is 1. The minimum atomic E-state index is 0. The predicted octanol–water partition coefficient (Wildman–Crippen LogP) is 0.878. The lowest BCUT2D eigenvalue weighted by Gasteiger charge is -2.31. The Bertz CT molecular complexity index is 529. The van der Waals surface area contributed by atoms with Gasteiger partial charge in [-0.15, -0.1) is 17.5 Å². The van der Waals surface area contributed by atoms with Crippen LogP contribution in [0.1, 0.15) is 12.7 Å². The highest BCUT2D eigenvalue weighted by molar-refractivity contribution is 5.85. The fraction of sp³-hybridized carbons (Fsp3) is 0.462. The summed E-state index contributed by atoms with van der Waals surface area (Å²) in [6, 6.07) is 10.5. The second-order valence-corrected chi connectivity index (χ2v) is 4.93. The lowest BCUT2D eigenvalue weighted by Crippen LogP contribution is -2.48. The number of nitrogens with one attached hydrogen (secondary N) is 1. The van der Waals surface area contributed by atoms with Crippen LogP contribution in [0, 0.1) is 0 Å². The van der Waals surface area contributed by atoms with E-state index in [2.05, 4.69) is 32.7 Å². The van der Waals surface area contributed by atoms with E-state index in [1.54, 1.807) is 0 Å². The molecule has 1 fully saturated rings. The van der Waals surface area contributed by atoms with E-state index >= 15 is 0 Å². The Morgan fingerprint density at radius 3 is 2.85 bits per heavy atom. The van der Waals surface area contributed by atoms with Gasteiger partial charge in [0.2, 0.25) is 0 Å².